The Kier molecular flexibility index (Phi) is 6.49. The van der Waals surface area contributed by atoms with Gasteiger partial charge in [0, 0.05) is 10.9 Å². The largest absolute Gasteiger partial charge is 0.494 e. The molecule has 146 valence electrons. The average molecular weight is 398 g/mol. The van der Waals surface area contributed by atoms with Crippen molar-refractivity contribution in [3.8, 4) is 28.5 Å². The molecule has 28 heavy (non-hydrogen) atoms. The second-order valence-corrected chi connectivity index (χ2v) is 6.77. The Balaban J connectivity index is 1.64. The fourth-order valence-electron chi connectivity index (χ4n) is 2.68. The van der Waals surface area contributed by atoms with Crippen molar-refractivity contribution in [2.75, 3.05) is 26.1 Å². The van der Waals surface area contributed by atoms with E-state index in [1.165, 1.54) is 11.3 Å². The Bertz CT molecular complexity index is 938. The van der Waals surface area contributed by atoms with Crippen molar-refractivity contribution in [3.05, 3.63) is 53.4 Å². The van der Waals surface area contributed by atoms with Gasteiger partial charge in [-0.05, 0) is 42.8 Å². The third-order valence-electron chi connectivity index (χ3n) is 4.03. The van der Waals surface area contributed by atoms with Gasteiger partial charge in [0.1, 0.15) is 5.75 Å². The molecule has 0 saturated heterocycles. The zero-order valence-electron chi connectivity index (χ0n) is 16.0. The number of nitrogens with zero attached hydrogens (tertiary/aromatic N) is 1. The number of ether oxygens (including phenoxy) is 3. The van der Waals surface area contributed by atoms with Crippen LogP contribution in [0.4, 0.5) is 5.13 Å². The molecule has 0 atom stereocenters. The van der Waals surface area contributed by atoms with Crippen LogP contribution in [0, 0.1) is 0 Å². The normalized spacial score (nSPS) is 10.4. The molecule has 1 aromatic heterocycles. The van der Waals surface area contributed by atoms with E-state index in [0.717, 1.165) is 22.6 Å². The lowest BCUT2D eigenvalue weighted by atomic mass is 10.1. The van der Waals surface area contributed by atoms with Crippen LogP contribution in [-0.2, 0) is 11.2 Å². The lowest BCUT2D eigenvalue weighted by Gasteiger charge is -2.08. The Hall–Kier alpha value is -3.06. The van der Waals surface area contributed by atoms with Gasteiger partial charge in [0.2, 0.25) is 5.91 Å². The molecule has 0 radical (unpaired) electrons. The number of carbonyl (C=O) groups excluding carboxylic acids is 1. The van der Waals surface area contributed by atoms with Gasteiger partial charge >= 0.3 is 0 Å². The molecule has 6 nitrogen and oxygen atoms in total. The molecule has 3 aromatic rings. The summed E-state index contributed by atoms with van der Waals surface area (Å²) in [6.07, 6.45) is 0.275. The first-order valence-corrected chi connectivity index (χ1v) is 9.70. The molecule has 1 heterocycles. The van der Waals surface area contributed by atoms with E-state index < -0.39 is 0 Å². The fourth-order valence-corrected chi connectivity index (χ4v) is 3.41. The molecule has 1 N–H and O–H groups in total. The standard InChI is InChI=1S/C21H22N2O4S/c1-4-27-16-8-5-14(6-9-16)11-20(24)23-21-22-17(13-28-21)15-7-10-18(25-2)19(12-15)26-3/h5-10,12-13H,4,11H2,1-3H3,(H,22,23,24). The first-order chi connectivity index (χ1) is 13.6. The Morgan fingerprint density at radius 3 is 2.50 bits per heavy atom. The maximum atomic E-state index is 12.3. The highest BCUT2D eigenvalue weighted by Crippen LogP contribution is 2.33. The Morgan fingerprint density at radius 1 is 1.07 bits per heavy atom. The third-order valence-corrected chi connectivity index (χ3v) is 4.79. The van der Waals surface area contributed by atoms with E-state index in [4.69, 9.17) is 14.2 Å². The van der Waals surface area contributed by atoms with E-state index in [-0.39, 0.29) is 12.3 Å². The average Bonchev–Trinajstić information content (AvgIpc) is 3.17. The molecule has 0 bridgehead atoms. The quantitative estimate of drug-likeness (QED) is 0.609. The molecule has 0 unspecified atom stereocenters. The van der Waals surface area contributed by atoms with Gasteiger partial charge in [-0.25, -0.2) is 4.98 Å². The van der Waals surface area contributed by atoms with Crippen LogP contribution in [0.5, 0.6) is 17.2 Å². The summed E-state index contributed by atoms with van der Waals surface area (Å²) in [5.41, 5.74) is 2.57. The lowest BCUT2D eigenvalue weighted by molar-refractivity contribution is -0.115. The summed E-state index contributed by atoms with van der Waals surface area (Å²) in [7, 11) is 3.19. The van der Waals surface area contributed by atoms with Gasteiger partial charge in [0.15, 0.2) is 16.6 Å². The van der Waals surface area contributed by atoms with Crippen molar-refractivity contribution in [1.29, 1.82) is 0 Å². The number of nitrogens with one attached hydrogen (secondary N) is 1. The van der Waals surface area contributed by atoms with Crippen LogP contribution in [0.25, 0.3) is 11.3 Å². The Labute approximate surface area is 168 Å². The molecule has 0 aliphatic rings. The van der Waals surface area contributed by atoms with Crippen molar-refractivity contribution in [2.24, 2.45) is 0 Å². The molecular weight excluding hydrogens is 376 g/mol. The maximum Gasteiger partial charge on any atom is 0.230 e. The molecule has 0 aliphatic carbocycles. The fraction of sp³-hybridized carbons (Fsp3) is 0.238. The summed E-state index contributed by atoms with van der Waals surface area (Å²) < 4.78 is 16.0. The minimum absolute atomic E-state index is 0.114. The van der Waals surface area contributed by atoms with Gasteiger partial charge in [0.25, 0.3) is 0 Å². The summed E-state index contributed by atoms with van der Waals surface area (Å²) >= 11 is 1.38. The van der Waals surface area contributed by atoms with Crippen LogP contribution in [0.2, 0.25) is 0 Å². The highest BCUT2D eigenvalue weighted by molar-refractivity contribution is 7.14. The number of hydrogen-bond donors (Lipinski definition) is 1. The van der Waals surface area contributed by atoms with E-state index >= 15 is 0 Å². The highest BCUT2D eigenvalue weighted by Gasteiger charge is 2.11. The van der Waals surface area contributed by atoms with Crippen molar-refractivity contribution in [2.45, 2.75) is 13.3 Å². The van der Waals surface area contributed by atoms with Crippen LogP contribution in [-0.4, -0.2) is 31.7 Å². The van der Waals surface area contributed by atoms with Crippen LogP contribution in [0.1, 0.15) is 12.5 Å². The molecule has 0 fully saturated rings. The molecular formula is C21H22N2O4S. The van der Waals surface area contributed by atoms with Crippen LogP contribution in [0.3, 0.4) is 0 Å². The molecule has 3 rings (SSSR count). The number of anilines is 1. The second kappa shape index (κ2) is 9.23. The van der Waals surface area contributed by atoms with Crippen LogP contribution < -0.4 is 19.5 Å². The van der Waals surface area contributed by atoms with E-state index in [0.29, 0.717) is 23.2 Å². The van der Waals surface area contributed by atoms with Gasteiger partial charge in [-0.3, -0.25) is 4.79 Å². The van der Waals surface area contributed by atoms with Crippen LogP contribution >= 0.6 is 11.3 Å². The van der Waals surface area contributed by atoms with Gasteiger partial charge in [-0.2, -0.15) is 0 Å². The van der Waals surface area contributed by atoms with Gasteiger partial charge in [0.05, 0.1) is 32.9 Å². The summed E-state index contributed by atoms with van der Waals surface area (Å²) in [6.45, 7) is 2.55. The van der Waals surface area contributed by atoms with E-state index in [9.17, 15) is 4.79 Å². The van der Waals surface area contributed by atoms with Crippen molar-refractivity contribution in [1.82, 2.24) is 4.98 Å². The zero-order chi connectivity index (χ0) is 19.9. The third kappa shape index (κ3) is 4.80. The summed E-state index contributed by atoms with van der Waals surface area (Å²) in [6, 6.07) is 13.1. The Morgan fingerprint density at radius 2 is 1.82 bits per heavy atom. The topological polar surface area (TPSA) is 69.7 Å². The molecule has 7 heteroatoms. The predicted molar refractivity (Wildman–Crippen MR) is 111 cm³/mol. The first-order valence-electron chi connectivity index (χ1n) is 8.82. The van der Waals surface area contributed by atoms with Crippen molar-refractivity contribution in [3.63, 3.8) is 0 Å². The smallest absolute Gasteiger partial charge is 0.230 e. The van der Waals surface area contributed by atoms with E-state index in [1.807, 2.05) is 54.8 Å². The summed E-state index contributed by atoms with van der Waals surface area (Å²) in [5.74, 6) is 1.97. The summed E-state index contributed by atoms with van der Waals surface area (Å²) in [5, 5.41) is 5.31. The minimum atomic E-state index is -0.114. The number of thiazole rings is 1. The number of carbonyl (C=O) groups is 1. The van der Waals surface area contributed by atoms with E-state index in [2.05, 4.69) is 10.3 Å². The lowest BCUT2D eigenvalue weighted by Crippen LogP contribution is -2.14. The SMILES string of the molecule is CCOc1ccc(CC(=O)Nc2nc(-c3ccc(OC)c(OC)c3)cs2)cc1. The maximum absolute atomic E-state index is 12.3. The van der Waals surface area contributed by atoms with Crippen LogP contribution in [0.15, 0.2) is 47.8 Å². The van der Waals surface area contributed by atoms with Gasteiger partial charge in [-0.1, -0.05) is 12.1 Å². The van der Waals surface area contributed by atoms with Crippen molar-refractivity contribution >= 4 is 22.4 Å². The number of benzene rings is 2. The first kappa shape index (κ1) is 19.7. The number of hydrogen-bond acceptors (Lipinski definition) is 6. The monoisotopic (exact) mass is 398 g/mol. The van der Waals surface area contributed by atoms with E-state index in [1.54, 1.807) is 14.2 Å². The summed E-state index contributed by atoms with van der Waals surface area (Å²) in [4.78, 5) is 16.8. The second-order valence-electron chi connectivity index (χ2n) is 5.91. The van der Waals surface area contributed by atoms with Gasteiger partial charge < -0.3 is 19.5 Å². The number of aromatic nitrogens is 1. The zero-order valence-corrected chi connectivity index (χ0v) is 16.8. The molecule has 0 spiro atoms. The van der Waals surface area contributed by atoms with Gasteiger partial charge in [-0.15, -0.1) is 11.3 Å². The molecule has 0 saturated carbocycles. The molecule has 0 aliphatic heterocycles. The number of rotatable bonds is 8. The number of amides is 1. The molecule has 2 aromatic carbocycles. The molecule has 1 amide bonds. The minimum Gasteiger partial charge on any atom is -0.494 e. The number of methoxy groups -OCH3 is 2. The van der Waals surface area contributed by atoms with Crippen molar-refractivity contribution < 1.29 is 19.0 Å². The predicted octanol–water partition coefficient (Wildman–Crippen LogP) is 4.41. The highest BCUT2D eigenvalue weighted by atomic mass is 32.1.